The summed E-state index contributed by atoms with van der Waals surface area (Å²) in [5.41, 5.74) is 2.55. The first-order valence-corrected chi connectivity index (χ1v) is 11.8. The van der Waals surface area contributed by atoms with Gasteiger partial charge in [0.1, 0.15) is 0 Å². The van der Waals surface area contributed by atoms with Gasteiger partial charge in [0, 0.05) is 38.1 Å². The Labute approximate surface area is 178 Å². The topological polar surface area (TPSA) is 43.8 Å². The largest absolute Gasteiger partial charge is 0.351 e. The minimum atomic E-state index is 0.698. The van der Waals surface area contributed by atoms with Crippen molar-refractivity contribution < 1.29 is 0 Å². The number of benzene rings is 1. The van der Waals surface area contributed by atoms with E-state index in [9.17, 15) is 0 Å². The minimum absolute atomic E-state index is 0.698. The Balaban J connectivity index is 1.34. The van der Waals surface area contributed by atoms with Gasteiger partial charge in [0.2, 0.25) is 0 Å². The monoisotopic (exact) mass is 411 g/mol. The highest BCUT2D eigenvalue weighted by Crippen LogP contribution is 2.31. The number of thiazole rings is 1. The molecule has 2 atom stereocenters. The van der Waals surface area contributed by atoms with E-state index in [1.54, 1.807) is 11.3 Å². The summed E-state index contributed by atoms with van der Waals surface area (Å²) in [5, 5.41) is 6.91. The number of hydrogen-bond donors (Lipinski definition) is 1. The van der Waals surface area contributed by atoms with Gasteiger partial charge in [-0.25, -0.2) is 4.98 Å². The molecule has 2 aliphatic rings. The number of rotatable bonds is 5. The molecule has 2 saturated heterocycles. The zero-order chi connectivity index (χ0) is 20.1. The molecule has 2 aliphatic heterocycles. The molecule has 0 aliphatic carbocycles. The molecule has 0 saturated carbocycles. The van der Waals surface area contributed by atoms with E-state index in [1.807, 2.05) is 7.05 Å². The van der Waals surface area contributed by atoms with Crippen LogP contribution in [0.15, 0.2) is 40.7 Å². The summed E-state index contributed by atoms with van der Waals surface area (Å²) >= 11 is 1.75. The molecule has 29 heavy (non-hydrogen) atoms. The molecule has 0 amide bonds. The molecule has 0 spiro atoms. The predicted molar refractivity (Wildman–Crippen MR) is 121 cm³/mol. The van der Waals surface area contributed by atoms with E-state index in [-0.39, 0.29) is 0 Å². The zero-order valence-corrected chi connectivity index (χ0v) is 18.5. The van der Waals surface area contributed by atoms with E-state index >= 15 is 0 Å². The molecule has 156 valence electrons. The van der Waals surface area contributed by atoms with Crippen molar-refractivity contribution in [2.24, 2.45) is 10.9 Å². The summed E-state index contributed by atoms with van der Waals surface area (Å²) in [6, 6.07) is 11.6. The van der Waals surface area contributed by atoms with Gasteiger partial charge in [-0.2, -0.15) is 0 Å². The molecule has 1 aromatic heterocycles. The SMILES string of the molecule is CCc1nc(CNC(=NC)N2CCC3C(CCCN3Cc3ccccc3)C2)cs1. The van der Waals surface area contributed by atoms with Gasteiger partial charge in [-0.3, -0.25) is 9.89 Å². The summed E-state index contributed by atoms with van der Waals surface area (Å²) in [6.07, 6.45) is 4.85. The second-order valence-electron chi connectivity index (χ2n) is 8.15. The summed E-state index contributed by atoms with van der Waals surface area (Å²) in [7, 11) is 1.90. The van der Waals surface area contributed by atoms with Crippen LogP contribution in [0, 0.1) is 5.92 Å². The third-order valence-corrected chi connectivity index (χ3v) is 7.29. The van der Waals surface area contributed by atoms with E-state index < -0.39 is 0 Å². The van der Waals surface area contributed by atoms with Crippen molar-refractivity contribution in [3.8, 4) is 0 Å². The molecule has 5 nitrogen and oxygen atoms in total. The zero-order valence-electron chi connectivity index (χ0n) is 17.7. The molecular formula is C23H33N5S. The molecule has 2 aromatic rings. The van der Waals surface area contributed by atoms with Gasteiger partial charge in [0.05, 0.1) is 17.2 Å². The lowest BCUT2D eigenvalue weighted by Gasteiger charge is -2.48. The Morgan fingerprint density at radius 1 is 1.24 bits per heavy atom. The van der Waals surface area contributed by atoms with Gasteiger partial charge in [-0.05, 0) is 43.7 Å². The quantitative estimate of drug-likeness (QED) is 0.601. The Bertz CT molecular complexity index is 803. The van der Waals surface area contributed by atoms with E-state index in [4.69, 9.17) is 0 Å². The van der Waals surface area contributed by atoms with Crippen molar-refractivity contribution in [2.45, 2.75) is 51.7 Å². The maximum Gasteiger partial charge on any atom is 0.193 e. The van der Waals surface area contributed by atoms with Gasteiger partial charge >= 0.3 is 0 Å². The summed E-state index contributed by atoms with van der Waals surface area (Å²) in [5.74, 6) is 1.75. The van der Waals surface area contributed by atoms with Gasteiger partial charge in [-0.15, -0.1) is 11.3 Å². The fraction of sp³-hybridized carbons (Fsp3) is 0.565. The number of guanidine groups is 1. The molecule has 2 unspecified atom stereocenters. The van der Waals surface area contributed by atoms with Crippen molar-refractivity contribution in [3.63, 3.8) is 0 Å². The van der Waals surface area contributed by atoms with Crippen LogP contribution in [0.3, 0.4) is 0 Å². The lowest BCUT2D eigenvalue weighted by molar-refractivity contribution is 0.0372. The van der Waals surface area contributed by atoms with Crippen LogP contribution in [0.5, 0.6) is 0 Å². The summed E-state index contributed by atoms with van der Waals surface area (Å²) < 4.78 is 0. The fourth-order valence-corrected chi connectivity index (χ4v) is 5.55. The van der Waals surface area contributed by atoms with Crippen LogP contribution in [0.25, 0.3) is 0 Å². The average molecular weight is 412 g/mol. The first kappa shape index (κ1) is 20.4. The number of fused-ring (bicyclic) bond motifs is 1. The number of aryl methyl sites for hydroxylation is 1. The van der Waals surface area contributed by atoms with Crippen LogP contribution >= 0.6 is 11.3 Å². The number of likely N-dealkylation sites (tertiary alicyclic amines) is 2. The minimum Gasteiger partial charge on any atom is -0.351 e. The van der Waals surface area contributed by atoms with Crippen LogP contribution in [0.4, 0.5) is 0 Å². The molecular weight excluding hydrogens is 378 g/mol. The van der Waals surface area contributed by atoms with Gasteiger partial charge in [-0.1, -0.05) is 37.3 Å². The Morgan fingerprint density at radius 3 is 2.86 bits per heavy atom. The number of nitrogens with one attached hydrogen (secondary N) is 1. The number of piperidine rings is 2. The maximum absolute atomic E-state index is 4.67. The first-order chi connectivity index (χ1) is 14.3. The lowest BCUT2D eigenvalue weighted by Crippen LogP contribution is -2.56. The normalized spacial score (nSPS) is 23.1. The lowest BCUT2D eigenvalue weighted by atomic mass is 9.83. The van der Waals surface area contributed by atoms with E-state index in [1.165, 1.54) is 36.4 Å². The molecule has 6 heteroatoms. The second-order valence-corrected chi connectivity index (χ2v) is 9.09. The number of aliphatic imine (C=N–C) groups is 1. The van der Waals surface area contributed by atoms with Crippen LogP contribution in [-0.4, -0.2) is 53.5 Å². The van der Waals surface area contributed by atoms with Gasteiger partial charge in [0.25, 0.3) is 0 Å². The van der Waals surface area contributed by atoms with Crippen molar-refractivity contribution >= 4 is 17.3 Å². The van der Waals surface area contributed by atoms with Crippen molar-refractivity contribution in [1.82, 2.24) is 20.1 Å². The molecule has 1 aromatic carbocycles. The Morgan fingerprint density at radius 2 is 2.10 bits per heavy atom. The van der Waals surface area contributed by atoms with Gasteiger partial charge < -0.3 is 10.2 Å². The number of hydrogen-bond acceptors (Lipinski definition) is 4. The smallest absolute Gasteiger partial charge is 0.193 e. The molecule has 3 heterocycles. The van der Waals surface area contributed by atoms with Crippen molar-refractivity contribution in [2.75, 3.05) is 26.7 Å². The second kappa shape index (κ2) is 9.72. The average Bonchev–Trinajstić information content (AvgIpc) is 3.23. The summed E-state index contributed by atoms with van der Waals surface area (Å²) in [4.78, 5) is 14.4. The highest BCUT2D eigenvalue weighted by Gasteiger charge is 2.36. The maximum atomic E-state index is 4.67. The predicted octanol–water partition coefficient (Wildman–Crippen LogP) is 3.77. The van der Waals surface area contributed by atoms with E-state index in [0.29, 0.717) is 6.04 Å². The van der Waals surface area contributed by atoms with Crippen LogP contribution in [0.2, 0.25) is 0 Å². The van der Waals surface area contributed by atoms with Crippen LogP contribution in [-0.2, 0) is 19.5 Å². The van der Waals surface area contributed by atoms with E-state index in [0.717, 1.165) is 50.2 Å². The highest BCUT2D eigenvalue weighted by molar-refractivity contribution is 7.09. The molecule has 1 N–H and O–H groups in total. The van der Waals surface area contributed by atoms with Crippen LogP contribution < -0.4 is 5.32 Å². The Hall–Kier alpha value is -1.92. The third-order valence-electron chi connectivity index (χ3n) is 6.25. The molecule has 2 fully saturated rings. The molecule has 0 bridgehead atoms. The highest BCUT2D eigenvalue weighted by atomic mass is 32.1. The number of nitrogens with zero attached hydrogens (tertiary/aromatic N) is 4. The fourth-order valence-electron chi connectivity index (χ4n) is 4.81. The Kier molecular flexibility index (Phi) is 6.82. The van der Waals surface area contributed by atoms with Crippen molar-refractivity contribution in [3.05, 3.63) is 52.0 Å². The molecule has 0 radical (unpaired) electrons. The van der Waals surface area contributed by atoms with Crippen molar-refractivity contribution in [1.29, 1.82) is 0 Å². The number of aromatic nitrogens is 1. The van der Waals surface area contributed by atoms with E-state index in [2.05, 4.69) is 67.7 Å². The first-order valence-electron chi connectivity index (χ1n) is 10.9. The standard InChI is InChI=1S/C23H33N5S/c1-3-22-26-20(17-29-22)14-25-23(24-2)28-13-11-21-19(16-28)10-7-12-27(21)15-18-8-5-4-6-9-18/h4-6,8-9,17,19,21H,3,7,10-16H2,1-2H3,(H,24,25). The third kappa shape index (κ3) is 4.98. The summed E-state index contributed by atoms with van der Waals surface area (Å²) in [6.45, 7) is 7.40. The van der Waals surface area contributed by atoms with Gasteiger partial charge in [0.15, 0.2) is 5.96 Å². The van der Waals surface area contributed by atoms with Crippen LogP contribution in [0.1, 0.15) is 42.5 Å². The molecule has 4 rings (SSSR count).